The molecule has 0 aliphatic carbocycles. The number of sulfonamides is 1. The van der Waals surface area contributed by atoms with Crippen LogP contribution in [0.3, 0.4) is 0 Å². The van der Waals surface area contributed by atoms with E-state index in [1.807, 2.05) is 0 Å². The summed E-state index contributed by atoms with van der Waals surface area (Å²) in [6, 6.07) is 15.9. The average molecular weight is 978 g/mol. The second-order valence-corrected chi connectivity index (χ2v) is 20.8. The lowest BCUT2D eigenvalue weighted by Gasteiger charge is -2.18. The summed E-state index contributed by atoms with van der Waals surface area (Å²) < 4.78 is 131. The maximum atomic E-state index is 14.4. The molecule has 0 radical (unpaired) electrons. The quantitative estimate of drug-likeness (QED) is 0.128. The number of fused-ring (bicyclic) bond motifs is 6. The molecule has 0 saturated carbocycles. The van der Waals surface area contributed by atoms with Gasteiger partial charge in [0.05, 0.1) is 50.5 Å². The number of halogens is 6. The van der Waals surface area contributed by atoms with Crippen LogP contribution >= 0.6 is 11.6 Å². The molecular formula is C48H41ClF5N5O6S2. The van der Waals surface area contributed by atoms with Crippen LogP contribution in [0.2, 0.25) is 5.02 Å². The molecule has 4 heterocycles. The first kappa shape index (κ1) is 47.4. The first-order valence-electron chi connectivity index (χ1n) is 20.9. The molecule has 19 heteroatoms. The summed E-state index contributed by atoms with van der Waals surface area (Å²) >= 11 is 6.61. The lowest BCUT2D eigenvalue weighted by molar-refractivity contribution is -0.137. The number of aryl methyl sites for hydroxylation is 2. The van der Waals surface area contributed by atoms with Crippen molar-refractivity contribution in [1.29, 1.82) is 0 Å². The van der Waals surface area contributed by atoms with Crippen molar-refractivity contribution in [3.8, 4) is 22.3 Å². The van der Waals surface area contributed by atoms with E-state index < -0.39 is 77.8 Å². The van der Waals surface area contributed by atoms with Gasteiger partial charge in [0, 0.05) is 78.5 Å². The fourth-order valence-corrected chi connectivity index (χ4v) is 11.4. The van der Waals surface area contributed by atoms with Gasteiger partial charge in [0.1, 0.15) is 11.6 Å². The molecule has 4 aromatic carbocycles. The summed E-state index contributed by atoms with van der Waals surface area (Å²) in [6.45, 7) is 3.37. The van der Waals surface area contributed by atoms with E-state index in [4.69, 9.17) is 16.6 Å². The number of sulfone groups is 1. The number of nitrogens with one attached hydrogen (secondary N) is 1. The van der Waals surface area contributed by atoms with Crippen molar-refractivity contribution in [2.75, 3.05) is 12.3 Å². The molecule has 2 aliphatic rings. The van der Waals surface area contributed by atoms with E-state index in [1.54, 1.807) is 32.2 Å². The Morgan fingerprint density at radius 2 is 1.25 bits per heavy atom. The van der Waals surface area contributed by atoms with E-state index in [9.17, 15) is 48.4 Å². The highest BCUT2D eigenvalue weighted by Crippen LogP contribution is 2.43. The largest absolute Gasteiger partial charge is 0.417 e. The van der Waals surface area contributed by atoms with Gasteiger partial charge in [-0.25, -0.2) is 30.3 Å². The third kappa shape index (κ3) is 9.44. The van der Waals surface area contributed by atoms with Gasteiger partial charge in [-0.2, -0.15) is 13.2 Å². The molecule has 0 spiro atoms. The van der Waals surface area contributed by atoms with Crippen LogP contribution < -0.4 is 15.8 Å². The molecule has 1 N–H and O–H groups in total. The normalized spacial score (nSPS) is 15.9. The topological polar surface area (TPSA) is 149 Å². The van der Waals surface area contributed by atoms with Gasteiger partial charge >= 0.3 is 6.18 Å². The second-order valence-electron chi connectivity index (χ2n) is 16.5. The minimum absolute atomic E-state index is 0.00769. The smallest absolute Gasteiger partial charge is 0.318 e. The molecule has 8 rings (SSSR count). The van der Waals surface area contributed by atoms with Crippen LogP contribution in [0.15, 0.2) is 122 Å². The molecule has 6 aromatic rings. The molecule has 67 heavy (non-hydrogen) atoms. The van der Waals surface area contributed by atoms with E-state index in [1.165, 1.54) is 78.0 Å². The Balaban J connectivity index is 1.16. The highest BCUT2D eigenvalue weighted by molar-refractivity contribution is 7.90. The van der Waals surface area contributed by atoms with Gasteiger partial charge in [-0.1, -0.05) is 36.7 Å². The summed E-state index contributed by atoms with van der Waals surface area (Å²) in [5.41, 5.74) is 1.33. The number of aromatic nitrogens is 2. The van der Waals surface area contributed by atoms with Crippen molar-refractivity contribution in [2.24, 2.45) is 24.1 Å². The van der Waals surface area contributed by atoms with Crippen molar-refractivity contribution >= 4 is 42.9 Å². The molecular weight excluding hydrogens is 937 g/mol. The molecule has 2 atom stereocenters. The van der Waals surface area contributed by atoms with E-state index in [0.29, 0.717) is 50.6 Å². The maximum Gasteiger partial charge on any atom is 0.417 e. The van der Waals surface area contributed by atoms with Gasteiger partial charge in [0.2, 0.25) is 10.0 Å². The number of hydrogen-bond donors (Lipinski definition) is 1. The summed E-state index contributed by atoms with van der Waals surface area (Å²) in [5.74, 6) is -2.58. The zero-order valence-corrected chi connectivity index (χ0v) is 38.6. The Morgan fingerprint density at radius 1 is 0.687 bits per heavy atom. The molecule has 0 amide bonds. The van der Waals surface area contributed by atoms with Crippen LogP contribution in [0.5, 0.6) is 0 Å². The highest BCUT2D eigenvalue weighted by atomic mass is 35.5. The standard InChI is InChI=1S/C48H41ClF5N5O6S2/c1-5-55-67(64,65)30-11-15-32-37(20-30)40-24-59(4)45(61)22-38(40)43(57-47(32)34-14-10-29(51)19-42(34)49)7-6-16-66(62,63)25-27-8-12-31-36(17-27)39-23-58(3)44(60)21-35(39)26(2)56-46(31)33-13-9-28(50)18-41(33)48(52,53)54/h8-15,17-24,26,43,55H,5-7,16,25H2,1-4H3/t26-,43-/m0/s1. The van der Waals surface area contributed by atoms with E-state index in [-0.39, 0.29) is 57.6 Å². The van der Waals surface area contributed by atoms with Gasteiger partial charge in [0.25, 0.3) is 11.1 Å². The Hall–Kier alpha value is -6.08. The van der Waals surface area contributed by atoms with Crippen LogP contribution in [0.25, 0.3) is 22.3 Å². The van der Waals surface area contributed by atoms with Gasteiger partial charge < -0.3 is 9.13 Å². The minimum Gasteiger partial charge on any atom is -0.318 e. The average Bonchev–Trinajstić information content (AvgIpc) is 3.44. The summed E-state index contributed by atoms with van der Waals surface area (Å²) in [5, 5.41) is 0.00769. The minimum atomic E-state index is -4.96. The Morgan fingerprint density at radius 3 is 1.90 bits per heavy atom. The van der Waals surface area contributed by atoms with Crippen LogP contribution in [0, 0.1) is 11.6 Å². The predicted octanol–water partition coefficient (Wildman–Crippen LogP) is 8.87. The molecule has 0 fully saturated rings. The van der Waals surface area contributed by atoms with Gasteiger partial charge in [-0.3, -0.25) is 19.6 Å². The number of pyridine rings is 2. The molecule has 0 saturated heterocycles. The monoisotopic (exact) mass is 977 g/mol. The fraction of sp³-hybridized carbons (Fsp3) is 0.250. The van der Waals surface area contributed by atoms with Crippen molar-refractivity contribution in [3.05, 3.63) is 179 Å². The number of rotatable bonds is 11. The van der Waals surface area contributed by atoms with E-state index >= 15 is 0 Å². The molecule has 348 valence electrons. The maximum absolute atomic E-state index is 14.4. The van der Waals surface area contributed by atoms with Gasteiger partial charge in [-0.05, 0) is 102 Å². The van der Waals surface area contributed by atoms with Crippen molar-refractivity contribution in [1.82, 2.24) is 13.9 Å². The molecule has 2 aliphatic heterocycles. The summed E-state index contributed by atoms with van der Waals surface area (Å²) in [7, 11) is -4.88. The van der Waals surface area contributed by atoms with E-state index in [2.05, 4.69) is 9.71 Å². The van der Waals surface area contributed by atoms with Gasteiger partial charge in [0.15, 0.2) is 9.84 Å². The Kier molecular flexibility index (Phi) is 12.6. The van der Waals surface area contributed by atoms with Crippen molar-refractivity contribution < 1.29 is 38.8 Å². The Bertz CT molecular complexity index is 3440. The van der Waals surface area contributed by atoms with Crippen LogP contribution in [-0.4, -0.2) is 49.7 Å². The number of aliphatic imine (C=N–C) groups is 2. The summed E-state index contributed by atoms with van der Waals surface area (Å²) in [6.07, 6.45) is -1.80. The van der Waals surface area contributed by atoms with Crippen molar-refractivity contribution in [2.45, 2.75) is 55.6 Å². The molecule has 2 aromatic heterocycles. The van der Waals surface area contributed by atoms with E-state index in [0.717, 1.165) is 18.2 Å². The lowest BCUT2D eigenvalue weighted by Crippen LogP contribution is -2.23. The van der Waals surface area contributed by atoms with Crippen LogP contribution in [0.4, 0.5) is 22.0 Å². The Labute approximate surface area is 387 Å². The number of nitrogens with zero attached hydrogens (tertiary/aromatic N) is 4. The van der Waals surface area contributed by atoms with Crippen molar-refractivity contribution in [3.63, 3.8) is 0 Å². The lowest BCUT2D eigenvalue weighted by atomic mass is 9.89. The van der Waals surface area contributed by atoms with Crippen LogP contribution in [0.1, 0.15) is 83.3 Å². The first-order chi connectivity index (χ1) is 31.5. The molecule has 0 unspecified atom stereocenters. The zero-order valence-electron chi connectivity index (χ0n) is 36.3. The third-order valence-electron chi connectivity index (χ3n) is 11.8. The third-order valence-corrected chi connectivity index (χ3v) is 15.3. The summed E-state index contributed by atoms with van der Waals surface area (Å²) in [4.78, 5) is 35.7. The van der Waals surface area contributed by atoms with Crippen LogP contribution in [-0.2, 0) is 45.9 Å². The number of benzene rings is 4. The van der Waals surface area contributed by atoms with Gasteiger partial charge in [-0.15, -0.1) is 0 Å². The fourth-order valence-electron chi connectivity index (χ4n) is 8.60. The predicted molar refractivity (Wildman–Crippen MR) is 247 cm³/mol. The number of hydrogen-bond acceptors (Lipinski definition) is 8. The SMILES string of the molecule is CCNS(=O)(=O)c1ccc2c(c1)-c1cn(C)c(=O)cc1[C@H](CCCS(=O)(=O)Cc1ccc3c(c1)-c1cn(C)c(=O)cc1[C@H](C)N=C3c1ccc(F)cc1C(F)(F)F)N=C2c1ccc(F)cc1Cl. The second kappa shape index (κ2) is 17.9. The zero-order chi connectivity index (χ0) is 48.3. The first-order valence-corrected chi connectivity index (χ1v) is 24.6. The molecule has 11 nitrogen and oxygen atoms in total. The number of alkyl halides is 3. The molecule has 0 bridgehead atoms. The highest BCUT2D eigenvalue weighted by Gasteiger charge is 2.37.